The summed E-state index contributed by atoms with van der Waals surface area (Å²) in [7, 11) is 0. The van der Waals surface area contributed by atoms with Gasteiger partial charge in [-0.25, -0.2) is 4.79 Å². The minimum atomic E-state index is -0.876. The van der Waals surface area contributed by atoms with Crippen molar-refractivity contribution in [2.24, 2.45) is 0 Å². The van der Waals surface area contributed by atoms with Crippen molar-refractivity contribution in [2.45, 2.75) is 13.3 Å². The standard InChI is InChI=1S/C14H13NO2/c1-10-2-3-12(9-13(10)14(16)17)8-11-4-6-15-7-5-11/h2-7,9H,8H2,1H3,(H,16,17). The van der Waals surface area contributed by atoms with Crippen LogP contribution in [0, 0.1) is 6.92 Å². The smallest absolute Gasteiger partial charge is 0.335 e. The summed E-state index contributed by atoms with van der Waals surface area (Å²) in [6.07, 6.45) is 4.20. The molecule has 0 fully saturated rings. The van der Waals surface area contributed by atoms with Crippen molar-refractivity contribution in [3.8, 4) is 0 Å². The molecule has 0 amide bonds. The number of aromatic carboxylic acids is 1. The van der Waals surface area contributed by atoms with E-state index >= 15 is 0 Å². The van der Waals surface area contributed by atoms with Crippen molar-refractivity contribution in [1.82, 2.24) is 4.98 Å². The highest BCUT2D eigenvalue weighted by atomic mass is 16.4. The fourth-order valence-electron chi connectivity index (χ4n) is 1.75. The highest BCUT2D eigenvalue weighted by molar-refractivity contribution is 5.89. The third kappa shape index (κ3) is 2.69. The van der Waals surface area contributed by atoms with Gasteiger partial charge in [-0.05, 0) is 48.2 Å². The number of carbonyl (C=O) groups is 1. The fourth-order valence-corrected chi connectivity index (χ4v) is 1.75. The second-order valence-corrected chi connectivity index (χ2v) is 3.99. The summed E-state index contributed by atoms with van der Waals surface area (Å²) in [5, 5.41) is 9.05. The molecule has 17 heavy (non-hydrogen) atoms. The number of aromatic nitrogens is 1. The molecule has 1 N–H and O–H groups in total. The summed E-state index contributed by atoms with van der Waals surface area (Å²) in [5.41, 5.74) is 3.28. The molecule has 1 heterocycles. The zero-order valence-corrected chi connectivity index (χ0v) is 9.55. The Kier molecular flexibility index (Phi) is 3.19. The highest BCUT2D eigenvalue weighted by Crippen LogP contribution is 2.14. The topological polar surface area (TPSA) is 50.2 Å². The lowest BCUT2D eigenvalue weighted by atomic mass is 10.0. The molecule has 0 saturated carbocycles. The summed E-state index contributed by atoms with van der Waals surface area (Å²) in [6, 6.07) is 9.40. The molecule has 0 unspecified atom stereocenters. The average molecular weight is 227 g/mol. The molecule has 2 rings (SSSR count). The summed E-state index contributed by atoms with van der Waals surface area (Å²) < 4.78 is 0. The van der Waals surface area contributed by atoms with Gasteiger partial charge in [-0.15, -0.1) is 0 Å². The number of benzene rings is 1. The first-order valence-corrected chi connectivity index (χ1v) is 5.38. The lowest BCUT2D eigenvalue weighted by Gasteiger charge is -2.05. The Hall–Kier alpha value is -2.16. The highest BCUT2D eigenvalue weighted by Gasteiger charge is 2.07. The Labute approximate surface area is 99.8 Å². The van der Waals surface area contributed by atoms with Crippen LogP contribution in [0.5, 0.6) is 0 Å². The van der Waals surface area contributed by atoms with Gasteiger partial charge in [0.15, 0.2) is 0 Å². The predicted molar refractivity (Wildman–Crippen MR) is 65.2 cm³/mol. The maximum Gasteiger partial charge on any atom is 0.335 e. The van der Waals surface area contributed by atoms with E-state index in [1.54, 1.807) is 25.4 Å². The van der Waals surface area contributed by atoms with Crippen LogP contribution in [0.1, 0.15) is 27.0 Å². The van der Waals surface area contributed by atoms with Crippen LogP contribution in [0.25, 0.3) is 0 Å². The molecule has 2 aromatic rings. The van der Waals surface area contributed by atoms with Gasteiger partial charge in [-0.3, -0.25) is 4.98 Å². The largest absolute Gasteiger partial charge is 0.478 e. The quantitative estimate of drug-likeness (QED) is 0.877. The Morgan fingerprint density at radius 1 is 1.18 bits per heavy atom. The van der Waals surface area contributed by atoms with E-state index in [0.29, 0.717) is 5.56 Å². The van der Waals surface area contributed by atoms with Gasteiger partial charge in [0.05, 0.1) is 5.56 Å². The van der Waals surface area contributed by atoms with Crippen molar-refractivity contribution in [3.63, 3.8) is 0 Å². The van der Waals surface area contributed by atoms with Crippen molar-refractivity contribution in [3.05, 3.63) is 65.0 Å². The van der Waals surface area contributed by atoms with Gasteiger partial charge in [-0.2, -0.15) is 0 Å². The van der Waals surface area contributed by atoms with Gasteiger partial charge in [0.2, 0.25) is 0 Å². The number of rotatable bonds is 3. The molecule has 0 spiro atoms. The summed E-state index contributed by atoms with van der Waals surface area (Å²) >= 11 is 0. The summed E-state index contributed by atoms with van der Waals surface area (Å²) in [4.78, 5) is 15.0. The van der Waals surface area contributed by atoms with Crippen LogP contribution in [-0.4, -0.2) is 16.1 Å². The SMILES string of the molecule is Cc1ccc(Cc2ccncc2)cc1C(=O)O. The van der Waals surface area contributed by atoms with Crippen LogP contribution in [-0.2, 0) is 6.42 Å². The van der Waals surface area contributed by atoms with Gasteiger partial charge in [0, 0.05) is 12.4 Å². The van der Waals surface area contributed by atoms with Gasteiger partial charge in [0.1, 0.15) is 0 Å². The molecule has 0 aliphatic carbocycles. The number of hydrogen-bond donors (Lipinski definition) is 1. The lowest BCUT2D eigenvalue weighted by molar-refractivity contribution is 0.0696. The summed E-state index contributed by atoms with van der Waals surface area (Å²) in [5.74, 6) is -0.876. The van der Waals surface area contributed by atoms with Crippen molar-refractivity contribution in [2.75, 3.05) is 0 Å². The van der Waals surface area contributed by atoms with Crippen LogP contribution < -0.4 is 0 Å². The molecular formula is C14H13NO2. The van der Waals surface area contributed by atoms with Crippen LogP contribution >= 0.6 is 0 Å². The van der Waals surface area contributed by atoms with E-state index in [-0.39, 0.29) is 0 Å². The molecule has 0 bridgehead atoms. The number of hydrogen-bond acceptors (Lipinski definition) is 2. The van der Waals surface area contributed by atoms with Gasteiger partial charge in [-0.1, -0.05) is 12.1 Å². The van der Waals surface area contributed by atoms with Crippen molar-refractivity contribution >= 4 is 5.97 Å². The van der Waals surface area contributed by atoms with Gasteiger partial charge in [0.25, 0.3) is 0 Å². The number of nitrogens with zero attached hydrogens (tertiary/aromatic N) is 1. The predicted octanol–water partition coefficient (Wildman–Crippen LogP) is 2.68. The zero-order chi connectivity index (χ0) is 12.3. The molecule has 0 aliphatic rings. The Balaban J connectivity index is 2.29. The minimum Gasteiger partial charge on any atom is -0.478 e. The van der Waals surface area contributed by atoms with E-state index < -0.39 is 5.97 Å². The van der Waals surface area contributed by atoms with Crippen LogP contribution in [0.3, 0.4) is 0 Å². The Morgan fingerprint density at radius 3 is 2.53 bits per heavy atom. The molecule has 1 aromatic carbocycles. The van der Waals surface area contributed by atoms with E-state index in [0.717, 1.165) is 23.1 Å². The van der Waals surface area contributed by atoms with Crippen molar-refractivity contribution in [1.29, 1.82) is 0 Å². The molecule has 3 nitrogen and oxygen atoms in total. The minimum absolute atomic E-state index is 0.372. The first-order valence-electron chi connectivity index (χ1n) is 5.38. The number of pyridine rings is 1. The van der Waals surface area contributed by atoms with E-state index in [1.165, 1.54) is 0 Å². The summed E-state index contributed by atoms with van der Waals surface area (Å²) in [6.45, 7) is 1.81. The molecule has 0 atom stereocenters. The average Bonchev–Trinajstić information content (AvgIpc) is 2.32. The third-order valence-electron chi connectivity index (χ3n) is 2.69. The van der Waals surface area contributed by atoms with E-state index in [4.69, 9.17) is 5.11 Å². The molecule has 0 aliphatic heterocycles. The van der Waals surface area contributed by atoms with E-state index in [1.807, 2.05) is 24.3 Å². The van der Waals surface area contributed by atoms with Crippen molar-refractivity contribution < 1.29 is 9.90 Å². The van der Waals surface area contributed by atoms with Gasteiger partial charge >= 0.3 is 5.97 Å². The maximum atomic E-state index is 11.0. The third-order valence-corrected chi connectivity index (χ3v) is 2.69. The lowest BCUT2D eigenvalue weighted by Crippen LogP contribution is -2.01. The monoisotopic (exact) mass is 227 g/mol. The zero-order valence-electron chi connectivity index (χ0n) is 9.55. The fraction of sp³-hybridized carbons (Fsp3) is 0.143. The maximum absolute atomic E-state index is 11.0. The first-order chi connectivity index (χ1) is 8.16. The molecule has 1 aromatic heterocycles. The van der Waals surface area contributed by atoms with Gasteiger partial charge < -0.3 is 5.11 Å². The molecule has 86 valence electrons. The second kappa shape index (κ2) is 4.78. The molecule has 0 saturated heterocycles. The Bertz CT molecular complexity index is 535. The molecule has 3 heteroatoms. The number of carboxylic acids is 1. The van der Waals surface area contributed by atoms with E-state index in [9.17, 15) is 4.79 Å². The van der Waals surface area contributed by atoms with E-state index in [2.05, 4.69) is 4.98 Å². The van der Waals surface area contributed by atoms with Crippen LogP contribution in [0.4, 0.5) is 0 Å². The normalized spacial score (nSPS) is 10.2. The van der Waals surface area contributed by atoms with Crippen LogP contribution in [0.15, 0.2) is 42.7 Å². The second-order valence-electron chi connectivity index (χ2n) is 3.99. The first kappa shape index (κ1) is 11.3. The number of aryl methyl sites for hydroxylation is 1. The molecule has 0 radical (unpaired) electrons. The number of carboxylic acid groups (broad SMARTS) is 1. The molecular weight excluding hydrogens is 214 g/mol. The van der Waals surface area contributed by atoms with Crippen LogP contribution in [0.2, 0.25) is 0 Å². The Morgan fingerprint density at radius 2 is 1.88 bits per heavy atom.